The maximum Gasteiger partial charge on any atom is 0.270 e. The number of aromatic nitrogens is 2. The molecule has 0 radical (unpaired) electrons. The van der Waals surface area contributed by atoms with E-state index < -0.39 is 0 Å². The molecule has 0 unspecified atom stereocenters. The third-order valence-corrected chi connectivity index (χ3v) is 4.27. The first-order valence-electron chi connectivity index (χ1n) is 7.79. The lowest BCUT2D eigenvalue weighted by molar-refractivity contribution is 0.0962. The van der Waals surface area contributed by atoms with Crippen LogP contribution in [0.15, 0.2) is 59.3 Å². The molecule has 1 aromatic heterocycles. The number of carbonyl (C=O) groups excluding carboxylic acids is 1. The van der Waals surface area contributed by atoms with E-state index in [9.17, 15) is 4.79 Å². The molecule has 1 amide bonds. The van der Waals surface area contributed by atoms with E-state index in [1.165, 1.54) is 6.33 Å². The maximum atomic E-state index is 12.3. The van der Waals surface area contributed by atoms with E-state index in [-0.39, 0.29) is 5.91 Å². The zero-order chi connectivity index (χ0) is 18.5. The van der Waals surface area contributed by atoms with Gasteiger partial charge in [-0.15, -0.1) is 0 Å². The number of anilines is 4. The molecule has 0 saturated carbocycles. The average molecular weight is 413 g/mol. The van der Waals surface area contributed by atoms with Gasteiger partial charge in [-0.05, 0) is 52.7 Å². The van der Waals surface area contributed by atoms with Gasteiger partial charge < -0.3 is 11.1 Å². The number of hydrogen-bond donors (Lipinski definition) is 4. The largest absolute Gasteiger partial charge is 0.393 e. The van der Waals surface area contributed by atoms with Crippen molar-refractivity contribution in [2.45, 2.75) is 6.92 Å². The van der Waals surface area contributed by atoms with Crippen LogP contribution in [0.4, 0.5) is 23.0 Å². The molecule has 2 aromatic carbocycles. The van der Waals surface area contributed by atoms with Crippen LogP contribution in [0.3, 0.4) is 0 Å². The van der Waals surface area contributed by atoms with E-state index in [1.807, 2.05) is 37.3 Å². The van der Waals surface area contributed by atoms with Crippen LogP contribution in [0.2, 0.25) is 0 Å². The first kappa shape index (κ1) is 17.7. The van der Waals surface area contributed by atoms with Crippen molar-refractivity contribution in [3.8, 4) is 0 Å². The number of nitrogen functional groups attached to an aromatic ring is 1. The van der Waals surface area contributed by atoms with Crippen molar-refractivity contribution < 1.29 is 4.79 Å². The zero-order valence-corrected chi connectivity index (χ0v) is 15.5. The molecule has 0 aliphatic heterocycles. The van der Waals surface area contributed by atoms with Gasteiger partial charge in [0.2, 0.25) is 0 Å². The Morgan fingerprint density at radius 2 is 1.85 bits per heavy atom. The van der Waals surface area contributed by atoms with Gasteiger partial charge in [0.15, 0.2) is 11.6 Å². The van der Waals surface area contributed by atoms with E-state index in [0.717, 1.165) is 11.3 Å². The molecule has 0 aliphatic carbocycles. The summed E-state index contributed by atoms with van der Waals surface area (Å²) < 4.78 is 0.691. The van der Waals surface area contributed by atoms with E-state index in [0.29, 0.717) is 27.4 Å². The first-order valence-corrected chi connectivity index (χ1v) is 8.59. The fourth-order valence-electron chi connectivity index (χ4n) is 2.28. The Labute approximate surface area is 159 Å². The van der Waals surface area contributed by atoms with Crippen molar-refractivity contribution in [1.29, 1.82) is 0 Å². The number of benzene rings is 2. The van der Waals surface area contributed by atoms with Crippen molar-refractivity contribution in [3.05, 3.63) is 70.5 Å². The Hall–Kier alpha value is -3.13. The summed E-state index contributed by atoms with van der Waals surface area (Å²) >= 11 is 3.34. The topological polar surface area (TPSA) is 105 Å². The van der Waals surface area contributed by atoms with Crippen LogP contribution < -0.4 is 21.9 Å². The Morgan fingerprint density at radius 3 is 2.62 bits per heavy atom. The molecule has 0 atom stereocenters. The monoisotopic (exact) mass is 412 g/mol. The summed E-state index contributed by atoms with van der Waals surface area (Å²) in [6, 6.07) is 14.9. The highest BCUT2D eigenvalue weighted by molar-refractivity contribution is 9.10. The van der Waals surface area contributed by atoms with Gasteiger partial charge in [0.25, 0.3) is 5.91 Å². The maximum absolute atomic E-state index is 12.3. The van der Waals surface area contributed by atoms with Gasteiger partial charge in [0.1, 0.15) is 12.0 Å². The van der Waals surface area contributed by atoms with E-state index in [1.54, 1.807) is 18.2 Å². The highest BCUT2D eigenvalue weighted by Gasteiger charge is 2.12. The highest BCUT2D eigenvalue weighted by Crippen LogP contribution is 2.25. The molecule has 0 saturated heterocycles. The molecule has 0 bridgehead atoms. The average Bonchev–Trinajstić information content (AvgIpc) is 2.62. The van der Waals surface area contributed by atoms with Crippen molar-refractivity contribution in [3.63, 3.8) is 0 Å². The van der Waals surface area contributed by atoms with Crippen molar-refractivity contribution in [1.82, 2.24) is 15.4 Å². The van der Waals surface area contributed by atoms with Gasteiger partial charge in [0.05, 0.1) is 5.56 Å². The van der Waals surface area contributed by atoms with Crippen molar-refractivity contribution in [2.75, 3.05) is 16.5 Å². The molecule has 5 N–H and O–H groups in total. The van der Waals surface area contributed by atoms with Gasteiger partial charge in [-0.3, -0.25) is 15.6 Å². The summed E-state index contributed by atoms with van der Waals surface area (Å²) in [6.45, 7) is 2.00. The summed E-state index contributed by atoms with van der Waals surface area (Å²) in [5.41, 5.74) is 14.2. The van der Waals surface area contributed by atoms with Crippen LogP contribution >= 0.6 is 15.9 Å². The second-order valence-electron chi connectivity index (χ2n) is 5.54. The number of aryl methyl sites for hydroxylation is 1. The molecule has 132 valence electrons. The molecule has 8 heteroatoms. The minimum Gasteiger partial charge on any atom is -0.393 e. The highest BCUT2D eigenvalue weighted by atomic mass is 79.9. The first-order chi connectivity index (χ1) is 12.5. The predicted molar refractivity (Wildman–Crippen MR) is 106 cm³/mol. The normalized spacial score (nSPS) is 10.2. The molecule has 3 aromatic rings. The lowest BCUT2D eigenvalue weighted by Gasteiger charge is -2.13. The number of carbonyl (C=O) groups is 1. The minimum absolute atomic E-state index is 0.293. The van der Waals surface area contributed by atoms with Gasteiger partial charge in [-0.2, -0.15) is 0 Å². The van der Waals surface area contributed by atoms with Crippen molar-refractivity contribution >= 4 is 44.8 Å². The summed E-state index contributed by atoms with van der Waals surface area (Å²) in [5, 5.41) is 3.15. The van der Waals surface area contributed by atoms with Crippen LogP contribution in [0, 0.1) is 6.92 Å². The van der Waals surface area contributed by atoms with Crippen LogP contribution in [-0.4, -0.2) is 15.9 Å². The number of rotatable bonds is 5. The van der Waals surface area contributed by atoms with Gasteiger partial charge in [0, 0.05) is 10.2 Å². The second kappa shape index (κ2) is 7.83. The van der Waals surface area contributed by atoms with Crippen LogP contribution in [0.25, 0.3) is 0 Å². The van der Waals surface area contributed by atoms with Crippen LogP contribution in [0.1, 0.15) is 15.9 Å². The molecule has 26 heavy (non-hydrogen) atoms. The fraction of sp³-hybridized carbons (Fsp3) is 0.0556. The molecule has 1 heterocycles. The van der Waals surface area contributed by atoms with Crippen LogP contribution in [-0.2, 0) is 0 Å². The number of hydrogen-bond acceptors (Lipinski definition) is 6. The number of nitrogens with two attached hydrogens (primary N) is 1. The Bertz CT molecular complexity index is 946. The summed E-state index contributed by atoms with van der Waals surface area (Å²) in [5.74, 6) is 0.433. The Balaban J connectivity index is 1.73. The quantitative estimate of drug-likeness (QED) is 0.476. The molecule has 7 nitrogen and oxygen atoms in total. The summed E-state index contributed by atoms with van der Waals surface area (Å²) in [4.78, 5) is 20.5. The number of nitrogens with one attached hydrogen (secondary N) is 3. The van der Waals surface area contributed by atoms with E-state index in [2.05, 4.69) is 42.1 Å². The Kier molecular flexibility index (Phi) is 5.33. The lowest BCUT2D eigenvalue weighted by Crippen LogP contribution is -2.30. The standard InChI is InChI=1S/C18H17BrN6O/c1-11-5-4-6-12(9-11)23-16-15(20)17(22-10-21-16)24-25-18(26)13-7-2-3-8-14(13)19/h2-10H,20H2,1H3,(H,25,26)(H2,21,22,23,24). The second-order valence-corrected chi connectivity index (χ2v) is 6.39. The predicted octanol–water partition coefficient (Wildman–Crippen LogP) is 3.63. The third-order valence-electron chi connectivity index (χ3n) is 3.58. The number of hydrazine groups is 1. The summed E-state index contributed by atoms with van der Waals surface area (Å²) in [6.07, 6.45) is 1.36. The molecular formula is C18H17BrN6O. The van der Waals surface area contributed by atoms with Crippen molar-refractivity contribution in [2.24, 2.45) is 0 Å². The minimum atomic E-state index is -0.316. The third kappa shape index (κ3) is 4.09. The van der Waals surface area contributed by atoms with Gasteiger partial charge >= 0.3 is 0 Å². The fourth-order valence-corrected chi connectivity index (χ4v) is 2.75. The summed E-state index contributed by atoms with van der Waals surface area (Å²) in [7, 11) is 0. The molecule has 0 fully saturated rings. The number of nitrogens with zero attached hydrogens (tertiary/aromatic N) is 2. The molecule has 0 spiro atoms. The number of halogens is 1. The lowest BCUT2D eigenvalue weighted by atomic mass is 10.2. The smallest absolute Gasteiger partial charge is 0.270 e. The van der Waals surface area contributed by atoms with Crippen LogP contribution in [0.5, 0.6) is 0 Å². The number of amides is 1. The van der Waals surface area contributed by atoms with E-state index in [4.69, 9.17) is 5.73 Å². The zero-order valence-electron chi connectivity index (χ0n) is 14.0. The molecular weight excluding hydrogens is 396 g/mol. The Morgan fingerprint density at radius 1 is 1.08 bits per heavy atom. The SMILES string of the molecule is Cc1cccc(Nc2ncnc(NNC(=O)c3ccccc3Br)c2N)c1. The van der Waals surface area contributed by atoms with Gasteiger partial charge in [-0.1, -0.05) is 24.3 Å². The molecule has 0 aliphatic rings. The van der Waals surface area contributed by atoms with Gasteiger partial charge in [-0.25, -0.2) is 9.97 Å². The molecule has 3 rings (SSSR count). The van der Waals surface area contributed by atoms with E-state index >= 15 is 0 Å².